The van der Waals surface area contributed by atoms with E-state index in [-0.39, 0.29) is 11.4 Å². The Kier molecular flexibility index (Phi) is 6.60. The number of hydrogen-bond donors (Lipinski definition) is 1. The Morgan fingerprint density at radius 3 is 2.21 bits per heavy atom. The number of benzene rings is 3. The highest BCUT2D eigenvalue weighted by atomic mass is 35.5. The number of hydrogen-bond acceptors (Lipinski definition) is 4. The van der Waals surface area contributed by atoms with Gasteiger partial charge in [0.25, 0.3) is 0 Å². The molecule has 0 radical (unpaired) electrons. The number of rotatable bonds is 8. The van der Waals surface area contributed by atoms with Gasteiger partial charge in [0, 0.05) is 24.0 Å². The first kappa shape index (κ1) is 22.7. The number of aromatic nitrogens is 2. The molecule has 168 valence electrons. The van der Waals surface area contributed by atoms with Gasteiger partial charge in [-0.25, -0.2) is 13.1 Å². The molecule has 4 aromatic rings. The van der Waals surface area contributed by atoms with Crippen LogP contribution in [-0.2, 0) is 21.4 Å². The molecule has 0 saturated carbocycles. The van der Waals surface area contributed by atoms with Crippen LogP contribution in [0.2, 0.25) is 5.02 Å². The SMILES string of the molecule is NC(=O)C(c1ccccc1)N(Cc1ccc(-n2cccn2)cc1)S(=O)(=O)c1ccc(Cl)cc1. The zero-order valence-electron chi connectivity index (χ0n) is 17.5. The Morgan fingerprint density at radius 2 is 1.64 bits per heavy atom. The van der Waals surface area contributed by atoms with Crippen molar-refractivity contribution < 1.29 is 13.2 Å². The average Bonchev–Trinajstić information content (AvgIpc) is 3.35. The smallest absolute Gasteiger partial charge is 0.244 e. The highest BCUT2D eigenvalue weighted by molar-refractivity contribution is 7.89. The second-order valence-electron chi connectivity index (χ2n) is 7.34. The molecule has 1 unspecified atom stereocenters. The molecular formula is C24H21ClN4O3S. The van der Waals surface area contributed by atoms with Crippen molar-refractivity contribution in [2.75, 3.05) is 0 Å². The maximum absolute atomic E-state index is 13.7. The minimum absolute atomic E-state index is 0.0160. The maximum Gasteiger partial charge on any atom is 0.244 e. The van der Waals surface area contributed by atoms with Crippen LogP contribution in [0.5, 0.6) is 0 Å². The summed E-state index contributed by atoms with van der Waals surface area (Å²) < 4.78 is 30.2. The van der Waals surface area contributed by atoms with E-state index in [0.717, 1.165) is 9.99 Å². The van der Waals surface area contributed by atoms with E-state index in [0.29, 0.717) is 16.1 Å². The number of carbonyl (C=O) groups is 1. The van der Waals surface area contributed by atoms with Crippen molar-refractivity contribution in [3.8, 4) is 5.69 Å². The van der Waals surface area contributed by atoms with Gasteiger partial charge in [-0.15, -0.1) is 0 Å². The van der Waals surface area contributed by atoms with Crippen molar-refractivity contribution >= 4 is 27.5 Å². The highest BCUT2D eigenvalue weighted by Gasteiger charge is 2.36. The Balaban J connectivity index is 1.77. The van der Waals surface area contributed by atoms with Crippen molar-refractivity contribution in [1.29, 1.82) is 0 Å². The monoisotopic (exact) mass is 480 g/mol. The lowest BCUT2D eigenvalue weighted by atomic mass is 10.1. The molecule has 1 amide bonds. The van der Waals surface area contributed by atoms with Gasteiger partial charge >= 0.3 is 0 Å². The second-order valence-corrected chi connectivity index (χ2v) is 9.66. The van der Waals surface area contributed by atoms with Crippen LogP contribution in [0.4, 0.5) is 0 Å². The van der Waals surface area contributed by atoms with E-state index < -0.39 is 22.0 Å². The average molecular weight is 481 g/mol. The molecule has 0 spiro atoms. The number of nitrogens with two attached hydrogens (primary N) is 1. The van der Waals surface area contributed by atoms with E-state index in [1.165, 1.54) is 24.3 Å². The molecule has 0 aliphatic carbocycles. The van der Waals surface area contributed by atoms with E-state index in [1.54, 1.807) is 53.3 Å². The van der Waals surface area contributed by atoms with Crippen LogP contribution >= 0.6 is 11.6 Å². The molecule has 2 N–H and O–H groups in total. The first-order chi connectivity index (χ1) is 15.9. The number of nitrogens with zero attached hydrogens (tertiary/aromatic N) is 3. The van der Waals surface area contributed by atoms with Gasteiger partial charge in [0.05, 0.1) is 10.6 Å². The summed E-state index contributed by atoms with van der Waals surface area (Å²) in [5, 5.41) is 4.60. The predicted octanol–water partition coefficient (Wildman–Crippen LogP) is 3.94. The van der Waals surface area contributed by atoms with Crippen LogP contribution < -0.4 is 5.73 Å². The molecule has 9 heteroatoms. The third-order valence-corrected chi connectivity index (χ3v) is 7.21. The summed E-state index contributed by atoms with van der Waals surface area (Å²) in [4.78, 5) is 12.6. The van der Waals surface area contributed by atoms with Gasteiger partial charge in [0.2, 0.25) is 15.9 Å². The molecule has 0 bridgehead atoms. The van der Waals surface area contributed by atoms with Crippen molar-refractivity contribution in [2.24, 2.45) is 5.73 Å². The molecule has 7 nitrogen and oxygen atoms in total. The van der Waals surface area contributed by atoms with E-state index in [4.69, 9.17) is 17.3 Å². The standard InChI is InChI=1S/C24H21ClN4O3S/c25-20-9-13-22(14-10-20)33(31,32)29(23(24(26)30)19-5-2-1-3-6-19)17-18-7-11-21(12-8-18)28-16-4-15-27-28/h1-16,23H,17H2,(H2,26,30). The summed E-state index contributed by atoms with van der Waals surface area (Å²) in [6.07, 6.45) is 3.48. The number of carbonyl (C=O) groups excluding carboxylic acids is 1. The molecule has 1 aromatic heterocycles. The summed E-state index contributed by atoms with van der Waals surface area (Å²) in [5.41, 5.74) is 7.73. The first-order valence-electron chi connectivity index (χ1n) is 10.1. The lowest BCUT2D eigenvalue weighted by molar-refractivity contribution is -0.122. The molecule has 1 atom stereocenters. The Labute approximate surface area is 197 Å². The zero-order chi connectivity index (χ0) is 23.4. The first-order valence-corrected chi connectivity index (χ1v) is 11.9. The van der Waals surface area contributed by atoms with Gasteiger partial charge in [-0.1, -0.05) is 54.1 Å². The van der Waals surface area contributed by atoms with Gasteiger partial charge in [0.1, 0.15) is 6.04 Å². The van der Waals surface area contributed by atoms with Crippen LogP contribution in [-0.4, -0.2) is 28.4 Å². The Hall–Kier alpha value is -3.46. The molecule has 0 saturated heterocycles. The van der Waals surface area contributed by atoms with Crippen molar-refractivity contribution in [3.05, 3.63) is 113 Å². The predicted molar refractivity (Wildman–Crippen MR) is 126 cm³/mol. The van der Waals surface area contributed by atoms with Crippen LogP contribution in [0.3, 0.4) is 0 Å². The third-order valence-electron chi connectivity index (χ3n) is 5.14. The largest absolute Gasteiger partial charge is 0.368 e. The van der Waals surface area contributed by atoms with Crippen molar-refractivity contribution in [2.45, 2.75) is 17.5 Å². The van der Waals surface area contributed by atoms with Crippen LogP contribution in [0, 0.1) is 0 Å². The van der Waals surface area contributed by atoms with Crippen molar-refractivity contribution in [1.82, 2.24) is 14.1 Å². The van der Waals surface area contributed by atoms with Crippen LogP contribution in [0.1, 0.15) is 17.2 Å². The number of sulfonamides is 1. The fourth-order valence-electron chi connectivity index (χ4n) is 3.52. The molecule has 0 fully saturated rings. The van der Waals surface area contributed by atoms with Crippen molar-refractivity contribution in [3.63, 3.8) is 0 Å². The minimum Gasteiger partial charge on any atom is -0.368 e. The lowest BCUT2D eigenvalue weighted by Gasteiger charge is -2.29. The Bertz CT molecular complexity index is 1330. The third kappa shape index (κ3) is 4.98. The van der Waals surface area contributed by atoms with Gasteiger partial charge in [0.15, 0.2) is 0 Å². The van der Waals surface area contributed by atoms with Gasteiger partial charge < -0.3 is 5.73 Å². The molecule has 0 aliphatic rings. The van der Waals surface area contributed by atoms with E-state index >= 15 is 0 Å². The molecule has 33 heavy (non-hydrogen) atoms. The molecule has 3 aromatic carbocycles. The van der Waals surface area contributed by atoms with Gasteiger partial charge in [-0.3, -0.25) is 4.79 Å². The highest BCUT2D eigenvalue weighted by Crippen LogP contribution is 2.30. The number of amides is 1. The maximum atomic E-state index is 13.7. The number of primary amides is 1. The summed E-state index contributed by atoms with van der Waals surface area (Å²) in [5.74, 6) is -0.771. The van der Waals surface area contributed by atoms with Gasteiger partial charge in [-0.2, -0.15) is 9.40 Å². The summed E-state index contributed by atoms with van der Waals surface area (Å²) in [6.45, 7) is -0.0627. The summed E-state index contributed by atoms with van der Waals surface area (Å²) >= 11 is 5.95. The number of halogens is 1. The van der Waals surface area contributed by atoms with Gasteiger partial charge in [-0.05, 0) is 53.6 Å². The quantitative estimate of drug-likeness (QED) is 0.413. The molecule has 0 aliphatic heterocycles. The molecular weight excluding hydrogens is 460 g/mol. The van der Waals surface area contributed by atoms with Crippen LogP contribution in [0.15, 0.2) is 102 Å². The second kappa shape index (κ2) is 9.58. The van der Waals surface area contributed by atoms with Crippen LogP contribution in [0.25, 0.3) is 5.69 Å². The fourth-order valence-corrected chi connectivity index (χ4v) is 5.22. The van der Waals surface area contributed by atoms with E-state index in [1.807, 2.05) is 24.4 Å². The molecule has 4 rings (SSSR count). The topological polar surface area (TPSA) is 98.3 Å². The van der Waals surface area contributed by atoms with E-state index in [9.17, 15) is 13.2 Å². The molecule has 1 heterocycles. The Morgan fingerprint density at radius 1 is 0.970 bits per heavy atom. The normalized spacial score (nSPS) is 12.5. The fraction of sp³-hybridized carbons (Fsp3) is 0.0833. The minimum atomic E-state index is -4.11. The lowest BCUT2D eigenvalue weighted by Crippen LogP contribution is -2.41. The van der Waals surface area contributed by atoms with E-state index in [2.05, 4.69) is 5.10 Å². The zero-order valence-corrected chi connectivity index (χ0v) is 19.0. The summed E-state index contributed by atoms with van der Waals surface area (Å²) in [7, 11) is -4.11. The summed E-state index contributed by atoms with van der Waals surface area (Å²) in [6, 6.07) is 22.3.